The molecular weight excluding hydrogens is 242 g/mol. The van der Waals surface area contributed by atoms with Crippen LogP contribution < -0.4 is 5.32 Å². The molecule has 100 valence electrons. The first-order chi connectivity index (χ1) is 8.72. The second kappa shape index (κ2) is 5.27. The third-order valence-corrected chi connectivity index (χ3v) is 5.08. The molecule has 4 heteroatoms. The van der Waals surface area contributed by atoms with Gasteiger partial charge in [0.1, 0.15) is 0 Å². The molecule has 3 nitrogen and oxygen atoms in total. The van der Waals surface area contributed by atoms with Crippen LogP contribution >= 0.6 is 11.3 Å². The lowest BCUT2D eigenvalue weighted by atomic mass is 10.2. The van der Waals surface area contributed by atoms with E-state index >= 15 is 0 Å². The van der Waals surface area contributed by atoms with Gasteiger partial charge in [0.2, 0.25) is 0 Å². The Morgan fingerprint density at radius 1 is 1.33 bits per heavy atom. The fourth-order valence-electron chi connectivity index (χ4n) is 2.88. The van der Waals surface area contributed by atoms with Crippen LogP contribution in [0.5, 0.6) is 0 Å². The second-order valence-electron chi connectivity index (χ2n) is 5.70. The van der Waals surface area contributed by atoms with Gasteiger partial charge in [0, 0.05) is 30.1 Å². The molecule has 1 aromatic heterocycles. The Morgan fingerprint density at radius 3 is 2.72 bits per heavy atom. The maximum absolute atomic E-state index is 4.55. The van der Waals surface area contributed by atoms with Crippen molar-refractivity contribution in [1.29, 1.82) is 0 Å². The van der Waals surface area contributed by atoms with Gasteiger partial charge in [-0.05, 0) is 46.1 Å². The van der Waals surface area contributed by atoms with Crippen LogP contribution in [0.1, 0.15) is 41.3 Å². The standard InChI is InChI=1S/C14H23N3S/c1-10-14(18-11(2)16-10)9-17(13-5-6-13)8-12-4-3-7-15-12/h12-13,15H,3-9H2,1-2H3/t12-/m1/s1. The highest BCUT2D eigenvalue weighted by Gasteiger charge is 2.31. The summed E-state index contributed by atoms with van der Waals surface area (Å²) in [5.41, 5.74) is 1.24. The summed E-state index contributed by atoms with van der Waals surface area (Å²) in [5.74, 6) is 0. The van der Waals surface area contributed by atoms with Gasteiger partial charge in [0.05, 0.1) is 10.7 Å². The molecule has 1 aliphatic heterocycles. The van der Waals surface area contributed by atoms with Gasteiger partial charge in [-0.2, -0.15) is 0 Å². The fraction of sp³-hybridized carbons (Fsp3) is 0.786. The first kappa shape index (κ1) is 12.6. The van der Waals surface area contributed by atoms with Gasteiger partial charge in [-0.1, -0.05) is 0 Å². The van der Waals surface area contributed by atoms with Gasteiger partial charge in [-0.15, -0.1) is 11.3 Å². The van der Waals surface area contributed by atoms with Crippen molar-refractivity contribution in [3.8, 4) is 0 Å². The summed E-state index contributed by atoms with van der Waals surface area (Å²) < 4.78 is 0. The number of hydrogen-bond acceptors (Lipinski definition) is 4. The Hall–Kier alpha value is -0.450. The summed E-state index contributed by atoms with van der Waals surface area (Å²) in [5, 5.41) is 4.83. The van der Waals surface area contributed by atoms with Crippen LogP contribution in [0.4, 0.5) is 0 Å². The van der Waals surface area contributed by atoms with Crippen LogP contribution in [0.3, 0.4) is 0 Å². The number of aromatic nitrogens is 1. The highest BCUT2D eigenvalue weighted by Crippen LogP contribution is 2.31. The van der Waals surface area contributed by atoms with E-state index in [1.807, 2.05) is 11.3 Å². The smallest absolute Gasteiger partial charge is 0.0900 e. The maximum Gasteiger partial charge on any atom is 0.0900 e. The molecule has 1 aliphatic carbocycles. The van der Waals surface area contributed by atoms with Crippen LogP contribution in [0, 0.1) is 13.8 Å². The van der Waals surface area contributed by atoms with E-state index in [9.17, 15) is 0 Å². The minimum Gasteiger partial charge on any atom is -0.313 e. The van der Waals surface area contributed by atoms with Crippen LogP contribution in [0.15, 0.2) is 0 Å². The highest BCUT2D eigenvalue weighted by atomic mass is 32.1. The number of thiazole rings is 1. The zero-order valence-electron chi connectivity index (χ0n) is 11.4. The van der Waals surface area contributed by atoms with E-state index in [1.54, 1.807) is 0 Å². The van der Waals surface area contributed by atoms with Crippen molar-refractivity contribution < 1.29 is 0 Å². The summed E-state index contributed by atoms with van der Waals surface area (Å²) >= 11 is 1.87. The molecule has 18 heavy (non-hydrogen) atoms. The van der Waals surface area contributed by atoms with E-state index in [2.05, 4.69) is 29.0 Å². The Balaban J connectivity index is 1.64. The molecular formula is C14H23N3S. The third kappa shape index (κ3) is 2.92. The highest BCUT2D eigenvalue weighted by molar-refractivity contribution is 7.11. The van der Waals surface area contributed by atoms with Gasteiger partial charge < -0.3 is 5.32 Å². The first-order valence-electron chi connectivity index (χ1n) is 7.12. The molecule has 1 atom stereocenters. The van der Waals surface area contributed by atoms with E-state index in [0.717, 1.165) is 18.6 Å². The number of rotatable bonds is 5. The minimum absolute atomic E-state index is 0.722. The Kier molecular flexibility index (Phi) is 3.68. The lowest BCUT2D eigenvalue weighted by Gasteiger charge is -2.25. The monoisotopic (exact) mass is 265 g/mol. The van der Waals surface area contributed by atoms with Gasteiger partial charge in [-0.3, -0.25) is 4.90 Å². The fourth-order valence-corrected chi connectivity index (χ4v) is 3.85. The van der Waals surface area contributed by atoms with Crippen molar-refractivity contribution in [2.45, 2.75) is 58.2 Å². The van der Waals surface area contributed by atoms with E-state index < -0.39 is 0 Å². The summed E-state index contributed by atoms with van der Waals surface area (Å²) in [6.45, 7) is 7.81. The van der Waals surface area contributed by atoms with Crippen LogP contribution in [0.2, 0.25) is 0 Å². The molecule has 2 aliphatic rings. The SMILES string of the molecule is Cc1nc(C)c(CN(C[C@H]2CCCN2)C2CC2)s1. The molecule has 0 aromatic carbocycles. The molecule has 2 heterocycles. The summed E-state index contributed by atoms with van der Waals surface area (Å²) in [7, 11) is 0. The molecule has 2 fully saturated rings. The summed E-state index contributed by atoms with van der Waals surface area (Å²) in [4.78, 5) is 8.71. The lowest BCUT2D eigenvalue weighted by Crippen LogP contribution is -2.38. The Bertz CT molecular complexity index is 405. The molecule has 1 N–H and O–H groups in total. The topological polar surface area (TPSA) is 28.2 Å². The normalized spacial score (nSPS) is 24.1. The minimum atomic E-state index is 0.722. The van der Waals surface area contributed by atoms with Crippen molar-refractivity contribution in [1.82, 2.24) is 15.2 Å². The second-order valence-corrected chi connectivity index (χ2v) is 6.98. The van der Waals surface area contributed by atoms with Crippen molar-refractivity contribution in [2.75, 3.05) is 13.1 Å². The van der Waals surface area contributed by atoms with Crippen molar-refractivity contribution >= 4 is 11.3 Å². The maximum atomic E-state index is 4.55. The molecule has 3 rings (SSSR count). The largest absolute Gasteiger partial charge is 0.313 e. The van der Waals surface area contributed by atoms with E-state index in [0.29, 0.717) is 0 Å². The van der Waals surface area contributed by atoms with Gasteiger partial charge in [0.25, 0.3) is 0 Å². The summed E-state index contributed by atoms with van der Waals surface area (Å²) in [6.07, 6.45) is 5.49. The number of aryl methyl sites for hydroxylation is 2. The van der Waals surface area contributed by atoms with E-state index in [-0.39, 0.29) is 0 Å². The predicted molar refractivity (Wildman–Crippen MR) is 76.0 cm³/mol. The summed E-state index contributed by atoms with van der Waals surface area (Å²) in [6, 6.07) is 1.56. The number of nitrogens with zero attached hydrogens (tertiary/aromatic N) is 2. The molecule has 1 saturated carbocycles. The van der Waals surface area contributed by atoms with Gasteiger partial charge in [0.15, 0.2) is 0 Å². The predicted octanol–water partition coefficient (Wildman–Crippen LogP) is 2.48. The van der Waals surface area contributed by atoms with E-state index in [4.69, 9.17) is 0 Å². The zero-order valence-corrected chi connectivity index (χ0v) is 12.2. The molecule has 1 saturated heterocycles. The third-order valence-electron chi connectivity index (χ3n) is 4.03. The Labute approximate surface area is 114 Å². The average Bonchev–Trinajstić information content (AvgIpc) is 2.96. The van der Waals surface area contributed by atoms with E-state index in [1.165, 1.54) is 54.4 Å². The molecule has 0 spiro atoms. The first-order valence-corrected chi connectivity index (χ1v) is 7.94. The van der Waals surface area contributed by atoms with Crippen molar-refractivity contribution in [2.24, 2.45) is 0 Å². The van der Waals surface area contributed by atoms with Crippen LogP contribution in [-0.4, -0.2) is 35.1 Å². The lowest BCUT2D eigenvalue weighted by molar-refractivity contribution is 0.232. The van der Waals surface area contributed by atoms with Gasteiger partial charge >= 0.3 is 0 Å². The van der Waals surface area contributed by atoms with Crippen LogP contribution in [-0.2, 0) is 6.54 Å². The Morgan fingerprint density at radius 2 is 2.17 bits per heavy atom. The molecule has 0 amide bonds. The molecule has 0 unspecified atom stereocenters. The van der Waals surface area contributed by atoms with Crippen molar-refractivity contribution in [3.05, 3.63) is 15.6 Å². The quantitative estimate of drug-likeness (QED) is 0.886. The number of nitrogens with one attached hydrogen (secondary N) is 1. The van der Waals surface area contributed by atoms with Gasteiger partial charge in [-0.25, -0.2) is 4.98 Å². The molecule has 1 aromatic rings. The molecule has 0 bridgehead atoms. The molecule has 0 radical (unpaired) electrons. The van der Waals surface area contributed by atoms with Crippen LogP contribution in [0.25, 0.3) is 0 Å². The van der Waals surface area contributed by atoms with Crippen molar-refractivity contribution in [3.63, 3.8) is 0 Å². The average molecular weight is 265 g/mol. The zero-order chi connectivity index (χ0) is 12.5. The number of hydrogen-bond donors (Lipinski definition) is 1.